The van der Waals surface area contributed by atoms with E-state index in [9.17, 15) is 22.0 Å². The lowest BCUT2D eigenvalue weighted by molar-refractivity contribution is -0.289. The van der Waals surface area contributed by atoms with Gasteiger partial charge >= 0.3 is 12.1 Å². The van der Waals surface area contributed by atoms with Gasteiger partial charge in [-0.05, 0) is 12.1 Å². The maximum Gasteiger partial charge on any atom is 0.458 e. The van der Waals surface area contributed by atoms with Crippen LogP contribution in [-0.2, 0) is 5.92 Å². The Hall–Kier alpha value is -1.37. The van der Waals surface area contributed by atoms with Gasteiger partial charge in [-0.2, -0.15) is 22.0 Å². The minimum absolute atomic E-state index is 0.656. The lowest BCUT2D eigenvalue weighted by Gasteiger charge is -2.30. The molecular weight excluding hydrogens is 267 g/mol. The fourth-order valence-electron chi connectivity index (χ4n) is 1.97. The minimum Gasteiger partial charge on any atom is -0.369 e. The summed E-state index contributed by atoms with van der Waals surface area (Å²) in [6.45, 7) is 2.94. The number of alkyl halides is 5. The van der Waals surface area contributed by atoms with Gasteiger partial charge in [0, 0.05) is 37.4 Å². The quantitative estimate of drug-likeness (QED) is 0.838. The van der Waals surface area contributed by atoms with Gasteiger partial charge in [-0.1, -0.05) is 12.1 Å². The predicted octanol–water partition coefficient (Wildman–Crippen LogP) is 2.75. The Balaban J connectivity index is 2.18. The van der Waals surface area contributed by atoms with E-state index in [1.165, 1.54) is 12.1 Å². The van der Waals surface area contributed by atoms with Crippen molar-refractivity contribution in [1.82, 2.24) is 5.32 Å². The third-order valence-corrected chi connectivity index (χ3v) is 3.07. The summed E-state index contributed by atoms with van der Waals surface area (Å²) in [6.07, 6.45) is -5.57. The smallest absolute Gasteiger partial charge is 0.369 e. The monoisotopic (exact) mass is 280 g/mol. The summed E-state index contributed by atoms with van der Waals surface area (Å²) < 4.78 is 62.8. The number of anilines is 1. The highest BCUT2D eigenvalue weighted by atomic mass is 19.4. The molecule has 1 aromatic rings. The molecule has 1 saturated heterocycles. The first-order valence-corrected chi connectivity index (χ1v) is 5.83. The average Bonchev–Trinajstić information content (AvgIpc) is 2.39. The molecule has 0 amide bonds. The average molecular weight is 280 g/mol. The number of hydrogen-bond donors (Lipinski definition) is 1. The topological polar surface area (TPSA) is 15.3 Å². The molecule has 0 spiro atoms. The molecule has 0 bridgehead atoms. The Kier molecular flexibility index (Phi) is 3.66. The highest BCUT2D eigenvalue weighted by Crippen LogP contribution is 2.44. The van der Waals surface area contributed by atoms with E-state index in [0.29, 0.717) is 18.8 Å². The van der Waals surface area contributed by atoms with E-state index >= 15 is 0 Å². The summed E-state index contributed by atoms with van der Waals surface area (Å²) in [5.41, 5.74) is -0.373. The zero-order valence-corrected chi connectivity index (χ0v) is 9.97. The Labute approximate surface area is 107 Å². The van der Waals surface area contributed by atoms with Gasteiger partial charge in [0.05, 0.1) is 0 Å². The largest absolute Gasteiger partial charge is 0.458 e. The molecule has 0 atom stereocenters. The van der Waals surface area contributed by atoms with Gasteiger partial charge in [-0.25, -0.2) is 0 Å². The molecule has 0 aliphatic carbocycles. The van der Waals surface area contributed by atoms with E-state index in [1.54, 1.807) is 0 Å². The number of hydrogen-bond acceptors (Lipinski definition) is 2. The first-order chi connectivity index (χ1) is 8.82. The summed E-state index contributed by atoms with van der Waals surface area (Å²) in [4.78, 5) is 1.94. The molecule has 1 aliphatic heterocycles. The Morgan fingerprint density at radius 1 is 0.895 bits per heavy atom. The second kappa shape index (κ2) is 4.96. The van der Waals surface area contributed by atoms with Crippen LogP contribution in [0.25, 0.3) is 0 Å². The number of benzene rings is 1. The van der Waals surface area contributed by atoms with E-state index in [1.807, 2.05) is 4.90 Å². The molecule has 7 heteroatoms. The van der Waals surface area contributed by atoms with Crippen LogP contribution in [-0.4, -0.2) is 32.4 Å². The van der Waals surface area contributed by atoms with E-state index in [4.69, 9.17) is 0 Å². The molecule has 1 aromatic carbocycles. The highest BCUT2D eigenvalue weighted by molar-refractivity contribution is 5.48. The Morgan fingerprint density at radius 3 is 1.89 bits per heavy atom. The fourth-order valence-corrected chi connectivity index (χ4v) is 1.97. The van der Waals surface area contributed by atoms with Gasteiger partial charge in [0.25, 0.3) is 0 Å². The molecule has 1 heterocycles. The summed E-state index contributed by atoms with van der Waals surface area (Å²) in [6, 6.07) is 4.29. The normalized spacial score (nSPS) is 17.6. The number of nitrogens with zero attached hydrogens (tertiary/aromatic N) is 1. The second-order valence-corrected chi connectivity index (χ2v) is 4.36. The highest BCUT2D eigenvalue weighted by Gasteiger charge is 2.58. The molecule has 1 fully saturated rings. The van der Waals surface area contributed by atoms with Crippen molar-refractivity contribution in [3.8, 4) is 0 Å². The molecule has 1 aliphatic rings. The van der Waals surface area contributed by atoms with Crippen molar-refractivity contribution in [2.45, 2.75) is 12.1 Å². The van der Waals surface area contributed by atoms with Crippen molar-refractivity contribution in [2.24, 2.45) is 0 Å². The predicted molar refractivity (Wildman–Crippen MR) is 61.5 cm³/mol. The first-order valence-electron chi connectivity index (χ1n) is 5.83. The number of nitrogens with one attached hydrogen (secondary N) is 1. The van der Waals surface area contributed by atoms with Crippen LogP contribution >= 0.6 is 0 Å². The molecule has 2 rings (SSSR count). The van der Waals surface area contributed by atoms with E-state index in [2.05, 4.69) is 5.32 Å². The van der Waals surface area contributed by atoms with Crippen LogP contribution < -0.4 is 10.2 Å². The van der Waals surface area contributed by atoms with Crippen LogP contribution in [0.3, 0.4) is 0 Å². The van der Waals surface area contributed by atoms with Crippen LogP contribution in [0.15, 0.2) is 24.3 Å². The summed E-state index contributed by atoms with van der Waals surface area (Å²) in [5.74, 6) is -4.81. The molecule has 0 unspecified atom stereocenters. The summed E-state index contributed by atoms with van der Waals surface area (Å²) in [5, 5.41) is 3.13. The molecular formula is C12H13F5N2. The summed E-state index contributed by atoms with van der Waals surface area (Å²) >= 11 is 0. The van der Waals surface area contributed by atoms with E-state index in [-0.39, 0.29) is 0 Å². The van der Waals surface area contributed by atoms with Gasteiger partial charge in [0.15, 0.2) is 0 Å². The molecule has 1 N–H and O–H groups in total. The van der Waals surface area contributed by atoms with Crippen molar-refractivity contribution < 1.29 is 22.0 Å². The molecule has 19 heavy (non-hydrogen) atoms. The summed E-state index contributed by atoms with van der Waals surface area (Å²) in [7, 11) is 0. The van der Waals surface area contributed by atoms with Gasteiger partial charge in [0.1, 0.15) is 0 Å². The van der Waals surface area contributed by atoms with Crippen LogP contribution in [0.1, 0.15) is 5.56 Å². The fraction of sp³-hybridized carbons (Fsp3) is 0.500. The van der Waals surface area contributed by atoms with Crippen molar-refractivity contribution in [3.05, 3.63) is 29.8 Å². The lowest BCUT2D eigenvalue weighted by atomic mass is 10.1. The third kappa shape index (κ3) is 2.80. The van der Waals surface area contributed by atoms with Gasteiger partial charge in [-0.3, -0.25) is 0 Å². The molecule has 0 aromatic heterocycles. The number of rotatable bonds is 2. The lowest BCUT2D eigenvalue weighted by Crippen LogP contribution is -2.43. The van der Waals surface area contributed by atoms with Crippen molar-refractivity contribution in [2.75, 3.05) is 31.1 Å². The zero-order valence-electron chi connectivity index (χ0n) is 9.97. The van der Waals surface area contributed by atoms with E-state index in [0.717, 1.165) is 25.2 Å². The van der Waals surface area contributed by atoms with Gasteiger partial charge in [0.2, 0.25) is 0 Å². The number of halogens is 5. The van der Waals surface area contributed by atoms with Crippen molar-refractivity contribution in [3.63, 3.8) is 0 Å². The molecule has 0 radical (unpaired) electrons. The van der Waals surface area contributed by atoms with Crippen LogP contribution in [0.4, 0.5) is 27.6 Å². The van der Waals surface area contributed by atoms with Crippen molar-refractivity contribution in [1.29, 1.82) is 0 Å². The van der Waals surface area contributed by atoms with Crippen LogP contribution in [0.5, 0.6) is 0 Å². The van der Waals surface area contributed by atoms with E-state index < -0.39 is 17.7 Å². The van der Waals surface area contributed by atoms with Gasteiger partial charge < -0.3 is 10.2 Å². The third-order valence-electron chi connectivity index (χ3n) is 3.07. The standard InChI is InChI=1S/C12H13F5N2/c13-11(14,12(15,16)17)9-1-3-10(4-2-9)19-7-5-18-6-8-19/h1-4,18H,5-8H2. The van der Waals surface area contributed by atoms with Crippen molar-refractivity contribution >= 4 is 5.69 Å². The van der Waals surface area contributed by atoms with Gasteiger partial charge in [-0.15, -0.1) is 0 Å². The second-order valence-electron chi connectivity index (χ2n) is 4.36. The van der Waals surface area contributed by atoms with Crippen LogP contribution in [0, 0.1) is 0 Å². The Bertz CT molecular complexity index is 421. The first kappa shape index (κ1) is 14.0. The SMILES string of the molecule is FC(F)(F)C(F)(F)c1ccc(N2CCNCC2)cc1. The minimum atomic E-state index is -5.57. The maximum atomic E-state index is 13.1. The zero-order chi connectivity index (χ0) is 14.1. The molecule has 0 saturated carbocycles. The van der Waals surface area contributed by atoms with Crippen LogP contribution in [0.2, 0.25) is 0 Å². The maximum absolute atomic E-state index is 13.1. The Morgan fingerprint density at radius 2 is 1.42 bits per heavy atom. The molecule has 2 nitrogen and oxygen atoms in total. The molecule has 106 valence electrons. The number of piperazine rings is 1.